The van der Waals surface area contributed by atoms with E-state index in [0.717, 1.165) is 19.3 Å². The van der Waals surface area contributed by atoms with Crippen LogP contribution in [0.15, 0.2) is 35.4 Å². The number of benzene rings is 1. The largest absolute Gasteiger partial charge is 0.280 e. The maximum atomic E-state index is 12.1. The van der Waals surface area contributed by atoms with E-state index in [1.54, 1.807) is 18.2 Å². The zero-order valence-corrected chi connectivity index (χ0v) is 9.80. The summed E-state index contributed by atoms with van der Waals surface area (Å²) < 4.78 is 1.17. The minimum Gasteiger partial charge on any atom is -0.273 e. The van der Waals surface area contributed by atoms with E-state index < -0.39 is 0 Å². The summed E-state index contributed by atoms with van der Waals surface area (Å²) in [5, 5.41) is 0.508. The van der Waals surface area contributed by atoms with E-state index in [-0.39, 0.29) is 17.4 Å². The average Bonchev–Trinajstić information content (AvgIpc) is 2.31. The van der Waals surface area contributed by atoms with Gasteiger partial charge in [0.15, 0.2) is 0 Å². The molecule has 0 aliphatic heterocycles. The van der Waals surface area contributed by atoms with Crippen LogP contribution in [-0.2, 0) is 4.79 Å². The van der Waals surface area contributed by atoms with Crippen molar-refractivity contribution in [2.45, 2.75) is 19.3 Å². The van der Waals surface area contributed by atoms with Crippen molar-refractivity contribution in [2.75, 3.05) is 5.43 Å². The van der Waals surface area contributed by atoms with Crippen molar-refractivity contribution >= 4 is 16.8 Å². The maximum Gasteiger partial charge on any atom is 0.280 e. The third-order valence-electron chi connectivity index (χ3n) is 3.37. The number of rotatable bonds is 2. The van der Waals surface area contributed by atoms with Crippen LogP contribution in [0.5, 0.6) is 0 Å². The molecule has 3 rings (SSSR count). The highest BCUT2D eigenvalue weighted by atomic mass is 16.2. The first kappa shape index (κ1) is 11.0. The van der Waals surface area contributed by atoms with Crippen LogP contribution in [0.25, 0.3) is 10.9 Å². The maximum absolute atomic E-state index is 12.1. The normalized spacial score (nSPS) is 15.3. The lowest BCUT2D eigenvalue weighted by Crippen LogP contribution is -2.38. The zero-order valence-electron chi connectivity index (χ0n) is 9.80. The molecule has 1 saturated carbocycles. The van der Waals surface area contributed by atoms with Gasteiger partial charge in [-0.05, 0) is 25.0 Å². The van der Waals surface area contributed by atoms with Crippen molar-refractivity contribution in [2.24, 2.45) is 5.92 Å². The van der Waals surface area contributed by atoms with Crippen LogP contribution >= 0.6 is 0 Å². The van der Waals surface area contributed by atoms with Gasteiger partial charge in [-0.1, -0.05) is 18.6 Å². The minimum absolute atomic E-state index is 0.0448. The Morgan fingerprint density at radius 2 is 2.11 bits per heavy atom. The molecule has 0 radical (unpaired) electrons. The van der Waals surface area contributed by atoms with Crippen LogP contribution < -0.4 is 11.0 Å². The van der Waals surface area contributed by atoms with E-state index in [1.165, 1.54) is 11.0 Å². The van der Waals surface area contributed by atoms with Crippen molar-refractivity contribution < 1.29 is 4.79 Å². The first-order chi connectivity index (χ1) is 8.75. The smallest absolute Gasteiger partial charge is 0.273 e. The first-order valence-corrected chi connectivity index (χ1v) is 6.03. The molecular formula is C13H13N3O2. The number of para-hydroxylation sites is 1. The summed E-state index contributed by atoms with van der Waals surface area (Å²) in [5.41, 5.74) is 3.00. The van der Waals surface area contributed by atoms with Crippen molar-refractivity contribution in [1.82, 2.24) is 9.66 Å². The highest BCUT2D eigenvalue weighted by molar-refractivity contribution is 5.87. The molecule has 0 unspecified atom stereocenters. The molecule has 0 bridgehead atoms. The Morgan fingerprint density at radius 3 is 2.83 bits per heavy atom. The van der Waals surface area contributed by atoms with Gasteiger partial charge in [-0.2, -0.15) is 0 Å². The number of nitrogens with one attached hydrogen (secondary N) is 1. The Balaban J connectivity index is 1.94. The van der Waals surface area contributed by atoms with Crippen LogP contribution in [0, 0.1) is 5.92 Å². The van der Waals surface area contributed by atoms with Crippen LogP contribution in [0.1, 0.15) is 19.3 Å². The fraction of sp³-hybridized carbons (Fsp3) is 0.308. The van der Waals surface area contributed by atoms with Gasteiger partial charge in [-0.25, -0.2) is 9.66 Å². The number of fused-ring (bicyclic) bond motifs is 1. The molecule has 1 heterocycles. The summed E-state index contributed by atoms with van der Waals surface area (Å²) in [6.45, 7) is 0. The van der Waals surface area contributed by atoms with E-state index >= 15 is 0 Å². The summed E-state index contributed by atoms with van der Waals surface area (Å²) in [4.78, 5) is 28.0. The Labute approximate surface area is 103 Å². The van der Waals surface area contributed by atoms with Gasteiger partial charge in [0.1, 0.15) is 6.33 Å². The highest BCUT2D eigenvalue weighted by Crippen LogP contribution is 2.26. The summed E-state index contributed by atoms with van der Waals surface area (Å²) in [6, 6.07) is 7.08. The molecule has 0 saturated heterocycles. The fourth-order valence-corrected chi connectivity index (χ4v) is 2.03. The van der Waals surface area contributed by atoms with E-state index in [9.17, 15) is 9.59 Å². The molecule has 1 amide bonds. The van der Waals surface area contributed by atoms with E-state index in [2.05, 4.69) is 10.4 Å². The lowest BCUT2D eigenvalue weighted by Gasteiger charge is -2.24. The number of nitrogens with zero attached hydrogens (tertiary/aromatic N) is 2. The second-order valence-corrected chi connectivity index (χ2v) is 4.54. The molecule has 0 spiro atoms. The van der Waals surface area contributed by atoms with Crippen LogP contribution in [0.2, 0.25) is 0 Å². The fourth-order valence-electron chi connectivity index (χ4n) is 2.03. The molecular weight excluding hydrogens is 230 g/mol. The van der Waals surface area contributed by atoms with E-state index in [4.69, 9.17) is 0 Å². The molecule has 92 valence electrons. The molecule has 1 fully saturated rings. The minimum atomic E-state index is -0.242. The number of aromatic nitrogens is 2. The number of hydrogen-bond acceptors (Lipinski definition) is 3. The summed E-state index contributed by atoms with van der Waals surface area (Å²) in [6.07, 6.45) is 4.26. The third-order valence-corrected chi connectivity index (χ3v) is 3.37. The third kappa shape index (κ3) is 1.77. The van der Waals surface area contributed by atoms with Crippen molar-refractivity contribution in [1.29, 1.82) is 0 Å². The second-order valence-electron chi connectivity index (χ2n) is 4.54. The Bertz CT molecular complexity index is 659. The van der Waals surface area contributed by atoms with Crippen molar-refractivity contribution in [3.8, 4) is 0 Å². The standard InChI is InChI=1S/C13H13N3O2/c17-12(9-4-3-5-9)15-16-8-14-11-7-2-1-6-10(11)13(16)18/h1-2,6-9H,3-5H2,(H,15,17). The predicted octanol–water partition coefficient (Wildman–Crippen LogP) is 1.27. The molecule has 5 nitrogen and oxygen atoms in total. The summed E-state index contributed by atoms with van der Waals surface area (Å²) >= 11 is 0. The molecule has 2 aromatic rings. The van der Waals surface area contributed by atoms with Crippen molar-refractivity contribution in [3.05, 3.63) is 40.9 Å². The Morgan fingerprint density at radius 1 is 1.33 bits per heavy atom. The SMILES string of the molecule is O=C(Nn1cnc2ccccc2c1=O)C1CCC1. The molecule has 1 aromatic carbocycles. The predicted molar refractivity (Wildman–Crippen MR) is 67.7 cm³/mol. The zero-order chi connectivity index (χ0) is 12.5. The monoisotopic (exact) mass is 243 g/mol. The van der Waals surface area contributed by atoms with Gasteiger partial charge in [-0.3, -0.25) is 15.0 Å². The highest BCUT2D eigenvalue weighted by Gasteiger charge is 2.25. The number of carbonyl (C=O) groups excluding carboxylic acids is 1. The molecule has 1 aliphatic carbocycles. The van der Waals surface area contributed by atoms with Gasteiger partial charge >= 0.3 is 0 Å². The molecule has 1 N–H and O–H groups in total. The van der Waals surface area contributed by atoms with Gasteiger partial charge < -0.3 is 0 Å². The number of carbonyl (C=O) groups is 1. The molecule has 1 aliphatic rings. The average molecular weight is 243 g/mol. The summed E-state index contributed by atoms with van der Waals surface area (Å²) in [5.74, 6) is -0.0520. The number of amides is 1. The van der Waals surface area contributed by atoms with Crippen LogP contribution in [0.4, 0.5) is 0 Å². The van der Waals surface area contributed by atoms with Crippen LogP contribution in [0.3, 0.4) is 0 Å². The van der Waals surface area contributed by atoms with Crippen molar-refractivity contribution in [3.63, 3.8) is 0 Å². The Hall–Kier alpha value is -2.17. The van der Waals surface area contributed by atoms with Crippen LogP contribution in [-0.4, -0.2) is 15.6 Å². The van der Waals surface area contributed by atoms with Gasteiger partial charge in [0.25, 0.3) is 5.56 Å². The number of hydrogen-bond donors (Lipinski definition) is 1. The lowest BCUT2D eigenvalue weighted by atomic mass is 9.85. The molecule has 1 aromatic heterocycles. The molecule has 0 atom stereocenters. The first-order valence-electron chi connectivity index (χ1n) is 6.03. The van der Waals surface area contributed by atoms with Gasteiger partial charge in [0.05, 0.1) is 10.9 Å². The van der Waals surface area contributed by atoms with E-state index in [1.807, 2.05) is 6.07 Å². The van der Waals surface area contributed by atoms with Gasteiger partial charge in [-0.15, -0.1) is 0 Å². The van der Waals surface area contributed by atoms with Gasteiger partial charge in [0.2, 0.25) is 5.91 Å². The second kappa shape index (κ2) is 4.25. The summed E-state index contributed by atoms with van der Waals surface area (Å²) in [7, 11) is 0. The quantitative estimate of drug-likeness (QED) is 0.863. The topological polar surface area (TPSA) is 64.0 Å². The lowest BCUT2D eigenvalue weighted by molar-refractivity contribution is -0.123. The molecule has 5 heteroatoms. The van der Waals surface area contributed by atoms with Gasteiger partial charge in [0, 0.05) is 5.92 Å². The molecule has 18 heavy (non-hydrogen) atoms. The van der Waals surface area contributed by atoms with E-state index in [0.29, 0.717) is 10.9 Å². The Kier molecular flexibility index (Phi) is 2.59.